The highest BCUT2D eigenvalue weighted by Crippen LogP contribution is 2.62. The van der Waals surface area contributed by atoms with Crippen LogP contribution in [0.25, 0.3) is 0 Å². The van der Waals surface area contributed by atoms with Gasteiger partial charge in [0, 0.05) is 3.57 Å². The average molecular weight is 645 g/mol. The van der Waals surface area contributed by atoms with Crippen molar-refractivity contribution >= 4 is 22.6 Å². The number of rotatable bonds is 13. The normalized spacial score (nSPS) is 29.5. The molecule has 0 radical (unpaired) electrons. The van der Waals surface area contributed by atoms with E-state index in [1.54, 1.807) is 0 Å². The topological polar surface area (TPSA) is 49.7 Å². The number of benzene rings is 2. The second kappa shape index (κ2) is 13.6. The summed E-state index contributed by atoms with van der Waals surface area (Å²) in [4.78, 5) is 0. The van der Waals surface area contributed by atoms with Crippen molar-refractivity contribution in [3.05, 3.63) is 57.2 Å². The van der Waals surface area contributed by atoms with Gasteiger partial charge in [0.2, 0.25) is 0 Å². The Labute approximate surface area is 250 Å². The monoisotopic (exact) mass is 644 g/mol. The highest BCUT2D eigenvalue weighted by molar-refractivity contribution is 14.1. The summed E-state index contributed by atoms with van der Waals surface area (Å²) in [6.07, 6.45) is 18.6. The van der Waals surface area contributed by atoms with Crippen LogP contribution in [0.2, 0.25) is 0 Å². The molecule has 3 aliphatic rings. The van der Waals surface area contributed by atoms with E-state index in [0.717, 1.165) is 38.0 Å². The summed E-state index contributed by atoms with van der Waals surface area (Å²) in [5, 5.41) is 21.1. The molecule has 6 atom stereocenters. The summed E-state index contributed by atoms with van der Waals surface area (Å²) in [6, 6.07) is 14.5. The molecule has 214 valence electrons. The average Bonchev–Trinajstić information content (AvgIpc) is 3.24. The van der Waals surface area contributed by atoms with Crippen molar-refractivity contribution in [2.75, 3.05) is 6.61 Å². The third-order valence-corrected chi connectivity index (χ3v) is 11.4. The highest BCUT2D eigenvalue weighted by Gasteiger charge is 2.56. The lowest BCUT2D eigenvalue weighted by Gasteiger charge is -2.53. The van der Waals surface area contributed by atoms with Gasteiger partial charge in [-0.3, -0.25) is 0 Å². The van der Waals surface area contributed by atoms with Crippen LogP contribution in [0.5, 0.6) is 11.5 Å². The Bertz CT molecular complexity index is 1050. The largest absolute Gasteiger partial charge is 0.508 e. The van der Waals surface area contributed by atoms with E-state index in [1.807, 2.05) is 12.1 Å². The molecule has 0 aliphatic heterocycles. The number of halogens is 1. The third kappa shape index (κ3) is 6.97. The number of hydrogen-bond donors (Lipinski definition) is 2. The summed E-state index contributed by atoms with van der Waals surface area (Å²) in [7, 11) is 0. The van der Waals surface area contributed by atoms with E-state index in [1.165, 1.54) is 85.3 Å². The lowest BCUT2D eigenvalue weighted by molar-refractivity contribution is -0.0396. The van der Waals surface area contributed by atoms with E-state index in [2.05, 4.69) is 59.8 Å². The number of phenolic OH excluding ortho intramolecular Hbond substituents is 1. The number of hydrogen-bond acceptors (Lipinski definition) is 3. The van der Waals surface area contributed by atoms with Crippen molar-refractivity contribution in [2.24, 2.45) is 23.2 Å². The second-order valence-electron chi connectivity index (χ2n) is 13.0. The van der Waals surface area contributed by atoms with Crippen LogP contribution in [0.4, 0.5) is 0 Å². The maximum atomic E-state index is 10.9. The zero-order valence-corrected chi connectivity index (χ0v) is 26.1. The van der Waals surface area contributed by atoms with Gasteiger partial charge in [-0.25, -0.2) is 0 Å². The van der Waals surface area contributed by atoms with Crippen molar-refractivity contribution in [3.8, 4) is 11.5 Å². The molecule has 0 amide bonds. The number of phenols is 1. The van der Waals surface area contributed by atoms with Crippen LogP contribution in [0.15, 0.2) is 42.5 Å². The first-order valence-electron chi connectivity index (χ1n) is 15.8. The molecule has 3 nitrogen and oxygen atoms in total. The van der Waals surface area contributed by atoms with Gasteiger partial charge < -0.3 is 14.9 Å². The lowest BCUT2D eigenvalue weighted by Crippen LogP contribution is -2.47. The zero-order chi connectivity index (χ0) is 27.2. The van der Waals surface area contributed by atoms with E-state index in [4.69, 9.17) is 4.74 Å². The van der Waals surface area contributed by atoms with E-state index >= 15 is 0 Å². The Balaban J connectivity index is 1.01. The molecule has 0 saturated heterocycles. The van der Waals surface area contributed by atoms with Crippen molar-refractivity contribution < 1.29 is 14.9 Å². The lowest BCUT2D eigenvalue weighted by atomic mass is 9.52. The molecule has 0 aromatic heterocycles. The second-order valence-corrected chi connectivity index (χ2v) is 14.3. The summed E-state index contributed by atoms with van der Waals surface area (Å²) >= 11 is 2.32. The van der Waals surface area contributed by atoms with E-state index in [0.29, 0.717) is 29.4 Å². The predicted octanol–water partition coefficient (Wildman–Crippen LogP) is 9.42. The van der Waals surface area contributed by atoms with Crippen molar-refractivity contribution in [1.29, 1.82) is 0 Å². The minimum Gasteiger partial charge on any atom is -0.508 e. The Morgan fingerprint density at radius 1 is 0.872 bits per heavy atom. The van der Waals surface area contributed by atoms with E-state index < -0.39 is 0 Å². The van der Waals surface area contributed by atoms with Crippen molar-refractivity contribution in [1.82, 2.24) is 0 Å². The summed E-state index contributed by atoms with van der Waals surface area (Å²) < 4.78 is 7.09. The minimum atomic E-state index is -0.120. The molecule has 2 saturated carbocycles. The molecule has 2 fully saturated rings. The zero-order valence-electron chi connectivity index (χ0n) is 23.9. The van der Waals surface area contributed by atoms with Gasteiger partial charge in [-0.2, -0.15) is 0 Å². The molecule has 39 heavy (non-hydrogen) atoms. The van der Waals surface area contributed by atoms with Gasteiger partial charge >= 0.3 is 0 Å². The van der Waals surface area contributed by atoms with Gasteiger partial charge in [-0.1, -0.05) is 64.4 Å². The van der Waals surface area contributed by atoms with Crippen LogP contribution in [0.3, 0.4) is 0 Å². The number of fused-ring (bicyclic) bond motifs is 5. The van der Waals surface area contributed by atoms with Crippen LogP contribution < -0.4 is 4.74 Å². The van der Waals surface area contributed by atoms with Gasteiger partial charge in [0.15, 0.2) is 0 Å². The Morgan fingerprint density at radius 2 is 1.56 bits per heavy atom. The van der Waals surface area contributed by atoms with Crippen LogP contribution in [-0.2, 0) is 6.42 Å². The Morgan fingerprint density at radius 3 is 2.31 bits per heavy atom. The van der Waals surface area contributed by atoms with Gasteiger partial charge in [0.1, 0.15) is 11.5 Å². The quantitative estimate of drug-likeness (QED) is 0.169. The maximum Gasteiger partial charge on any atom is 0.119 e. The fourth-order valence-corrected chi connectivity index (χ4v) is 8.86. The Kier molecular flexibility index (Phi) is 10.2. The van der Waals surface area contributed by atoms with Crippen LogP contribution in [-0.4, -0.2) is 22.9 Å². The van der Waals surface area contributed by atoms with Crippen LogP contribution >= 0.6 is 22.6 Å². The molecule has 5 rings (SSSR count). The number of aliphatic hydroxyl groups is 1. The van der Waals surface area contributed by atoms with Crippen molar-refractivity contribution in [2.45, 2.75) is 115 Å². The molecule has 2 aromatic rings. The van der Waals surface area contributed by atoms with Gasteiger partial charge in [0.25, 0.3) is 0 Å². The van der Waals surface area contributed by atoms with Gasteiger partial charge in [-0.15, -0.1) is 0 Å². The number of ether oxygens (including phenoxy) is 1. The SMILES string of the molecule is CC12CCC3c4ccc(O)cc4CC(CCCCCCCCCCCOc4ccc(I)cc4)C3C1CCC2O. The minimum absolute atomic E-state index is 0.111. The number of aromatic hydroxyl groups is 1. The van der Waals surface area contributed by atoms with Crippen LogP contribution in [0, 0.1) is 26.7 Å². The molecular weight excluding hydrogens is 595 g/mol. The first-order valence-corrected chi connectivity index (χ1v) is 16.9. The molecular formula is C35H49IO3. The molecule has 2 N–H and O–H groups in total. The van der Waals surface area contributed by atoms with Gasteiger partial charge in [0.05, 0.1) is 12.7 Å². The fraction of sp³-hybridized carbons (Fsp3) is 0.657. The summed E-state index contributed by atoms with van der Waals surface area (Å²) in [5.41, 5.74) is 3.01. The molecule has 6 unspecified atom stereocenters. The maximum absolute atomic E-state index is 10.9. The molecule has 2 aromatic carbocycles. The predicted molar refractivity (Wildman–Crippen MR) is 168 cm³/mol. The van der Waals surface area contributed by atoms with E-state index in [-0.39, 0.29) is 11.5 Å². The third-order valence-electron chi connectivity index (χ3n) is 10.6. The summed E-state index contributed by atoms with van der Waals surface area (Å²) in [5.74, 6) is 4.07. The molecule has 0 spiro atoms. The van der Waals surface area contributed by atoms with Crippen molar-refractivity contribution in [3.63, 3.8) is 0 Å². The van der Waals surface area contributed by atoms with Gasteiger partial charge in [-0.05, 0) is 144 Å². The molecule has 0 heterocycles. The molecule has 3 aliphatic carbocycles. The Hall–Kier alpha value is -1.27. The number of aliphatic hydroxyl groups excluding tert-OH is 1. The fourth-order valence-electron chi connectivity index (χ4n) is 8.50. The molecule has 0 bridgehead atoms. The smallest absolute Gasteiger partial charge is 0.119 e. The standard InChI is InChI=1S/C35H49IO3/c1-35-21-20-31-30-17-14-28(37)24-26(30)23-25(34(31)32(35)18-19-33(35)38)11-9-7-5-3-2-4-6-8-10-22-39-29-15-12-27(36)13-16-29/h12-17,24-25,31-34,37-38H,2-11,18-23H2,1H3. The van der Waals surface area contributed by atoms with Crippen LogP contribution in [0.1, 0.15) is 114 Å². The van der Waals surface area contributed by atoms with E-state index in [9.17, 15) is 10.2 Å². The number of unbranched alkanes of at least 4 members (excludes halogenated alkanes) is 8. The highest BCUT2D eigenvalue weighted by atomic mass is 127. The molecule has 4 heteroatoms. The first-order chi connectivity index (χ1) is 19.0. The summed E-state index contributed by atoms with van der Waals surface area (Å²) in [6.45, 7) is 3.21. The first kappa shape index (κ1) is 29.2.